The van der Waals surface area contributed by atoms with Gasteiger partial charge in [-0.05, 0) is 57.0 Å². The van der Waals surface area contributed by atoms with Crippen LogP contribution in [0.3, 0.4) is 0 Å². The minimum Gasteiger partial charge on any atom is -0.352 e. The smallest absolute Gasteiger partial charge is 0.264 e. The van der Waals surface area contributed by atoms with E-state index in [0.717, 1.165) is 15.4 Å². The van der Waals surface area contributed by atoms with Gasteiger partial charge in [0.25, 0.3) is 10.0 Å². The summed E-state index contributed by atoms with van der Waals surface area (Å²) >= 11 is 6.42. The zero-order chi connectivity index (χ0) is 27.9. The molecule has 1 atom stereocenters. The molecule has 38 heavy (non-hydrogen) atoms. The number of sulfonamides is 1. The van der Waals surface area contributed by atoms with E-state index in [1.54, 1.807) is 42.5 Å². The molecule has 3 aromatic carbocycles. The normalized spacial score (nSPS) is 12.2. The molecule has 0 saturated heterocycles. The molecular weight excluding hydrogens is 522 g/mol. The van der Waals surface area contributed by atoms with Crippen molar-refractivity contribution in [2.24, 2.45) is 0 Å². The van der Waals surface area contributed by atoms with Gasteiger partial charge in [0, 0.05) is 12.6 Å². The van der Waals surface area contributed by atoms with Crippen LogP contribution in [0.2, 0.25) is 5.02 Å². The molecular formula is C29H34ClN3O4S. The van der Waals surface area contributed by atoms with Crippen molar-refractivity contribution in [1.82, 2.24) is 10.2 Å². The Balaban J connectivity index is 2.06. The van der Waals surface area contributed by atoms with E-state index in [4.69, 9.17) is 11.6 Å². The quantitative estimate of drug-likeness (QED) is 0.353. The third-order valence-corrected chi connectivity index (χ3v) is 8.12. The molecule has 1 N–H and O–H groups in total. The molecule has 9 heteroatoms. The maximum Gasteiger partial charge on any atom is 0.264 e. The van der Waals surface area contributed by atoms with Crippen LogP contribution in [0.25, 0.3) is 0 Å². The van der Waals surface area contributed by atoms with Gasteiger partial charge in [0.05, 0.1) is 15.6 Å². The molecule has 0 spiro atoms. The Bertz CT molecular complexity index is 1350. The highest BCUT2D eigenvalue weighted by molar-refractivity contribution is 7.92. The van der Waals surface area contributed by atoms with Crippen LogP contribution in [0.15, 0.2) is 83.8 Å². The first kappa shape index (κ1) is 29.2. The van der Waals surface area contributed by atoms with Gasteiger partial charge in [0.2, 0.25) is 11.8 Å². The van der Waals surface area contributed by atoms with Crippen LogP contribution < -0.4 is 9.62 Å². The monoisotopic (exact) mass is 555 g/mol. The first-order valence-corrected chi connectivity index (χ1v) is 14.3. The minimum atomic E-state index is -4.15. The second-order valence-corrected chi connectivity index (χ2v) is 11.6. The number of amides is 2. The molecule has 0 heterocycles. The number of benzene rings is 3. The summed E-state index contributed by atoms with van der Waals surface area (Å²) in [5.74, 6) is -0.811. The highest BCUT2D eigenvalue weighted by Crippen LogP contribution is 2.30. The van der Waals surface area contributed by atoms with Crippen LogP contribution in [-0.4, -0.2) is 43.8 Å². The molecule has 0 saturated carbocycles. The number of halogens is 1. The van der Waals surface area contributed by atoms with Gasteiger partial charge in [-0.25, -0.2) is 8.42 Å². The largest absolute Gasteiger partial charge is 0.352 e. The third kappa shape index (κ3) is 7.14. The van der Waals surface area contributed by atoms with Crippen LogP contribution in [-0.2, 0) is 26.2 Å². The van der Waals surface area contributed by atoms with E-state index in [9.17, 15) is 18.0 Å². The van der Waals surface area contributed by atoms with Crippen molar-refractivity contribution in [3.05, 3.63) is 95.0 Å². The van der Waals surface area contributed by atoms with E-state index in [0.29, 0.717) is 6.42 Å². The maximum absolute atomic E-state index is 14.0. The van der Waals surface area contributed by atoms with Crippen molar-refractivity contribution in [1.29, 1.82) is 0 Å². The van der Waals surface area contributed by atoms with Gasteiger partial charge in [-0.15, -0.1) is 0 Å². The fourth-order valence-electron chi connectivity index (χ4n) is 4.08. The van der Waals surface area contributed by atoms with Crippen LogP contribution in [0.5, 0.6) is 0 Å². The second-order valence-electron chi connectivity index (χ2n) is 9.37. The number of anilines is 1. The van der Waals surface area contributed by atoms with Crippen molar-refractivity contribution in [2.45, 2.75) is 57.6 Å². The Morgan fingerprint density at radius 3 is 2.11 bits per heavy atom. The number of nitrogens with one attached hydrogen (secondary N) is 1. The van der Waals surface area contributed by atoms with Crippen LogP contribution in [0.1, 0.15) is 38.3 Å². The Morgan fingerprint density at radius 1 is 0.921 bits per heavy atom. The fourth-order valence-corrected chi connectivity index (χ4v) is 5.82. The van der Waals surface area contributed by atoms with Crippen molar-refractivity contribution in [2.75, 3.05) is 10.8 Å². The van der Waals surface area contributed by atoms with E-state index in [2.05, 4.69) is 5.32 Å². The molecule has 3 rings (SSSR count). The van der Waals surface area contributed by atoms with Crippen LogP contribution in [0.4, 0.5) is 5.69 Å². The van der Waals surface area contributed by atoms with Gasteiger partial charge in [0.15, 0.2) is 0 Å². The average molecular weight is 556 g/mol. The first-order chi connectivity index (χ1) is 18.0. The number of hydrogen-bond donors (Lipinski definition) is 1. The number of para-hydroxylation sites is 1. The number of aryl methyl sites for hydroxylation is 1. The summed E-state index contributed by atoms with van der Waals surface area (Å²) in [6.45, 7) is 7.11. The average Bonchev–Trinajstić information content (AvgIpc) is 2.88. The second kappa shape index (κ2) is 12.9. The lowest BCUT2D eigenvalue weighted by Crippen LogP contribution is -2.53. The molecule has 0 bridgehead atoms. The molecule has 3 aromatic rings. The number of hydrogen-bond acceptors (Lipinski definition) is 4. The molecule has 0 aliphatic heterocycles. The maximum atomic E-state index is 14.0. The molecule has 0 radical (unpaired) electrons. The lowest BCUT2D eigenvalue weighted by atomic mass is 10.1. The van der Waals surface area contributed by atoms with Crippen LogP contribution >= 0.6 is 11.6 Å². The molecule has 0 aliphatic rings. The number of nitrogens with zero attached hydrogens (tertiary/aromatic N) is 2. The number of carbonyl (C=O) groups excluding carboxylic acids is 2. The van der Waals surface area contributed by atoms with Crippen LogP contribution in [0, 0.1) is 6.92 Å². The van der Waals surface area contributed by atoms with Crippen molar-refractivity contribution in [3.8, 4) is 0 Å². The van der Waals surface area contributed by atoms with E-state index in [1.165, 1.54) is 17.0 Å². The van der Waals surface area contributed by atoms with Crippen molar-refractivity contribution >= 4 is 39.1 Å². The highest BCUT2D eigenvalue weighted by Gasteiger charge is 2.34. The molecule has 0 fully saturated rings. The predicted molar refractivity (Wildman–Crippen MR) is 152 cm³/mol. The van der Waals surface area contributed by atoms with Gasteiger partial charge >= 0.3 is 0 Å². The Hall–Kier alpha value is -3.36. The molecule has 7 nitrogen and oxygen atoms in total. The zero-order valence-corrected chi connectivity index (χ0v) is 23.7. The summed E-state index contributed by atoms with van der Waals surface area (Å²) in [6.07, 6.45) is 0.355. The van der Waals surface area contributed by atoms with Gasteiger partial charge < -0.3 is 10.2 Å². The Morgan fingerprint density at radius 2 is 1.53 bits per heavy atom. The lowest BCUT2D eigenvalue weighted by Gasteiger charge is -2.33. The topological polar surface area (TPSA) is 86.8 Å². The molecule has 0 aromatic heterocycles. The minimum absolute atomic E-state index is 0.0300. The van der Waals surface area contributed by atoms with Gasteiger partial charge in [-0.3, -0.25) is 13.9 Å². The first-order valence-electron chi connectivity index (χ1n) is 12.5. The summed E-state index contributed by atoms with van der Waals surface area (Å²) in [4.78, 5) is 28.6. The standard InChI is InChI=1S/C29H34ClN3O4S/c1-5-26(29(35)31-21(2)3)32(19-23-17-15-22(4)16-18-23)28(34)20-33(27-14-10-9-13-25(27)30)38(36,37)24-11-7-6-8-12-24/h6-18,21,26H,5,19-20H2,1-4H3,(H,31,35)/t26-/m0/s1. The van der Waals surface area contributed by atoms with E-state index < -0.39 is 28.5 Å². The summed E-state index contributed by atoms with van der Waals surface area (Å²) in [5, 5.41) is 3.08. The Kier molecular flexibility index (Phi) is 9.94. The third-order valence-electron chi connectivity index (χ3n) is 6.02. The van der Waals surface area contributed by atoms with E-state index in [-0.39, 0.29) is 34.1 Å². The number of rotatable bonds is 11. The van der Waals surface area contributed by atoms with Crippen molar-refractivity contribution in [3.63, 3.8) is 0 Å². The van der Waals surface area contributed by atoms with Gasteiger partial charge in [-0.2, -0.15) is 0 Å². The Labute approximate surface area is 230 Å². The summed E-state index contributed by atoms with van der Waals surface area (Å²) < 4.78 is 28.6. The highest BCUT2D eigenvalue weighted by atomic mass is 35.5. The molecule has 202 valence electrons. The molecule has 2 amide bonds. The predicted octanol–water partition coefficient (Wildman–Crippen LogP) is 5.18. The molecule has 0 unspecified atom stereocenters. The molecule has 0 aliphatic carbocycles. The summed E-state index contributed by atoms with van der Waals surface area (Å²) in [5.41, 5.74) is 2.08. The SMILES string of the molecule is CC[C@@H](C(=O)NC(C)C)N(Cc1ccc(C)cc1)C(=O)CN(c1ccccc1Cl)S(=O)(=O)c1ccccc1. The summed E-state index contributed by atoms with van der Waals surface area (Å²) in [6, 6.07) is 21.1. The zero-order valence-electron chi connectivity index (χ0n) is 22.1. The lowest BCUT2D eigenvalue weighted by molar-refractivity contribution is -0.140. The van der Waals surface area contributed by atoms with Gasteiger partial charge in [-0.1, -0.05) is 78.7 Å². The van der Waals surface area contributed by atoms with Gasteiger partial charge in [0.1, 0.15) is 12.6 Å². The fraction of sp³-hybridized carbons (Fsp3) is 0.310. The van der Waals surface area contributed by atoms with Crippen molar-refractivity contribution < 1.29 is 18.0 Å². The van der Waals surface area contributed by atoms with E-state index in [1.807, 2.05) is 52.0 Å². The number of carbonyl (C=O) groups is 2. The summed E-state index contributed by atoms with van der Waals surface area (Å²) in [7, 11) is -4.15. The van der Waals surface area contributed by atoms with E-state index >= 15 is 0 Å².